The van der Waals surface area contributed by atoms with E-state index in [4.69, 9.17) is 10.5 Å². The monoisotopic (exact) mass is 290 g/mol. The van der Waals surface area contributed by atoms with Gasteiger partial charge in [0.05, 0.1) is 13.0 Å². The van der Waals surface area contributed by atoms with Crippen LogP contribution in [0.3, 0.4) is 0 Å². The van der Waals surface area contributed by atoms with Gasteiger partial charge < -0.3 is 15.8 Å². The molecule has 4 atom stereocenters. The van der Waals surface area contributed by atoms with Crippen LogP contribution in [0.1, 0.15) is 43.0 Å². The summed E-state index contributed by atoms with van der Waals surface area (Å²) in [6, 6.07) is 4.41. The number of hydrogen-bond acceptors (Lipinski definition) is 3. The summed E-state index contributed by atoms with van der Waals surface area (Å²) in [4.78, 5) is 12.0. The van der Waals surface area contributed by atoms with E-state index in [1.165, 1.54) is 0 Å². The Morgan fingerprint density at radius 2 is 2.00 bits per heavy atom. The Hall–Kier alpha value is -1.55. The molecular formula is C17H26N2O2. The van der Waals surface area contributed by atoms with Gasteiger partial charge in [0.1, 0.15) is 5.75 Å². The molecule has 21 heavy (non-hydrogen) atoms. The van der Waals surface area contributed by atoms with E-state index in [0.29, 0.717) is 6.04 Å². The molecule has 1 aromatic rings. The van der Waals surface area contributed by atoms with E-state index >= 15 is 0 Å². The van der Waals surface area contributed by atoms with Crippen molar-refractivity contribution in [2.75, 3.05) is 7.11 Å². The molecule has 116 valence electrons. The molecule has 3 N–H and O–H groups in total. The molecule has 4 nitrogen and oxygen atoms in total. The van der Waals surface area contributed by atoms with Gasteiger partial charge in [0.2, 0.25) is 5.91 Å². The minimum atomic E-state index is -0.242. The van der Waals surface area contributed by atoms with Gasteiger partial charge >= 0.3 is 0 Å². The summed E-state index contributed by atoms with van der Waals surface area (Å²) >= 11 is 0. The van der Waals surface area contributed by atoms with Crippen molar-refractivity contribution in [1.29, 1.82) is 0 Å². The molecule has 0 aromatic heterocycles. The smallest absolute Gasteiger partial charge is 0.222 e. The number of nitrogens with one attached hydrogen (secondary N) is 1. The van der Waals surface area contributed by atoms with E-state index < -0.39 is 0 Å². The maximum absolute atomic E-state index is 12.0. The molecule has 4 heteroatoms. The molecule has 1 aliphatic heterocycles. The third-order valence-electron chi connectivity index (χ3n) is 4.51. The van der Waals surface area contributed by atoms with Gasteiger partial charge in [-0.2, -0.15) is 0 Å². The molecule has 1 aliphatic rings. The van der Waals surface area contributed by atoms with Crippen LogP contribution < -0.4 is 15.8 Å². The van der Waals surface area contributed by atoms with Crippen molar-refractivity contribution >= 4 is 5.91 Å². The van der Waals surface area contributed by atoms with Crippen molar-refractivity contribution in [2.24, 2.45) is 17.6 Å². The van der Waals surface area contributed by atoms with Gasteiger partial charge in [-0.3, -0.25) is 4.79 Å². The summed E-state index contributed by atoms with van der Waals surface area (Å²) in [5, 5.41) is 3.55. The second kappa shape index (κ2) is 6.06. The quantitative estimate of drug-likeness (QED) is 0.899. The lowest BCUT2D eigenvalue weighted by atomic mass is 9.75. The molecule has 0 radical (unpaired) electrons. The molecule has 1 fully saturated rings. The molecular weight excluding hydrogens is 264 g/mol. The molecule has 0 aliphatic carbocycles. The van der Waals surface area contributed by atoms with E-state index in [1.54, 1.807) is 7.11 Å². The Balaban J connectivity index is 2.53. The number of amides is 1. The number of nitrogens with two attached hydrogens (primary N) is 1. The van der Waals surface area contributed by atoms with Crippen LogP contribution in [0.15, 0.2) is 12.1 Å². The number of rotatable bonds is 3. The summed E-state index contributed by atoms with van der Waals surface area (Å²) in [5.41, 5.74) is 9.03. The number of benzene rings is 1. The van der Waals surface area contributed by atoms with E-state index in [2.05, 4.69) is 32.2 Å². The predicted octanol–water partition coefficient (Wildman–Crippen LogP) is 2.47. The zero-order chi connectivity index (χ0) is 15.7. The maximum Gasteiger partial charge on any atom is 0.222 e. The standard InChI is InChI=1S/C17H26N2O2/c1-9-6-10(2)14(13(7-9)21-5)16-15(17(18)20)11(3)8-12(4)19-16/h6-7,11-12,15-16,19H,8H2,1-5H3,(H2,18,20). The van der Waals surface area contributed by atoms with Crippen LogP contribution in [-0.2, 0) is 4.79 Å². The summed E-state index contributed by atoms with van der Waals surface area (Å²) < 4.78 is 5.57. The highest BCUT2D eigenvalue weighted by atomic mass is 16.5. The number of carbonyl (C=O) groups is 1. The average molecular weight is 290 g/mol. The fourth-order valence-electron chi connectivity index (χ4n) is 3.73. The van der Waals surface area contributed by atoms with Crippen molar-refractivity contribution in [3.05, 3.63) is 28.8 Å². The SMILES string of the molecule is COc1cc(C)cc(C)c1C1NC(C)CC(C)C1C(N)=O. The highest BCUT2D eigenvalue weighted by molar-refractivity contribution is 5.78. The first kappa shape index (κ1) is 15.8. The molecule has 1 heterocycles. The summed E-state index contributed by atoms with van der Waals surface area (Å²) in [6.45, 7) is 8.37. The number of carbonyl (C=O) groups excluding carboxylic acids is 1. The average Bonchev–Trinajstić information content (AvgIpc) is 2.35. The molecule has 1 aromatic carbocycles. The van der Waals surface area contributed by atoms with Gasteiger partial charge in [0, 0.05) is 17.6 Å². The number of methoxy groups -OCH3 is 1. The summed E-state index contributed by atoms with van der Waals surface area (Å²) in [5.74, 6) is 0.636. The molecule has 0 spiro atoms. The van der Waals surface area contributed by atoms with Gasteiger partial charge in [-0.25, -0.2) is 0 Å². The van der Waals surface area contributed by atoms with Gasteiger partial charge in [-0.05, 0) is 50.3 Å². The van der Waals surface area contributed by atoms with Crippen LogP contribution >= 0.6 is 0 Å². The first-order valence-electron chi connectivity index (χ1n) is 7.55. The van der Waals surface area contributed by atoms with E-state index in [-0.39, 0.29) is 23.8 Å². The minimum absolute atomic E-state index is 0.0863. The van der Waals surface area contributed by atoms with Crippen molar-refractivity contribution in [3.8, 4) is 5.75 Å². The van der Waals surface area contributed by atoms with E-state index in [1.807, 2.05) is 13.0 Å². The number of ether oxygens (including phenoxy) is 1. The molecule has 4 unspecified atom stereocenters. The largest absolute Gasteiger partial charge is 0.496 e. The Morgan fingerprint density at radius 1 is 1.33 bits per heavy atom. The number of aryl methyl sites for hydroxylation is 2. The maximum atomic E-state index is 12.0. The van der Waals surface area contributed by atoms with Crippen molar-refractivity contribution in [2.45, 2.75) is 46.2 Å². The fraction of sp³-hybridized carbons (Fsp3) is 0.588. The summed E-state index contributed by atoms with van der Waals surface area (Å²) in [7, 11) is 1.67. The lowest BCUT2D eigenvalue weighted by Gasteiger charge is -2.40. The van der Waals surface area contributed by atoms with Crippen LogP contribution in [0.5, 0.6) is 5.75 Å². The van der Waals surface area contributed by atoms with Crippen LogP contribution in [0.4, 0.5) is 0 Å². The Bertz CT molecular complexity index is 542. The van der Waals surface area contributed by atoms with Crippen LogP contribution in [-0.4, -0.2) is 19.1 Å². The first-order valence-corrected chi connectivity index (χ1v) is 7.55. The number of piperidine rings is 1. The van der Waals surface area contributed by atoms with Gasteiger partial charge in [0.15, 0.2) is 0 Å². The molecule has 2 rings (SSSR count). The minimum Gasteiger partial charge on any atom is -0.496 e. The third-order valence-corrected chi connectivity index (χ3v) is 4.51. The number of primary amides is 1. The molecule has 0 saturated carbocycles. The van der Waals surface area contributed by atoms with Crippen molar-refractivity contribution in [1.82, 2.24) is 5.32 Å². The van der Waals surface area contributed by atoms with Gasteiger partial charge in [-0.1, -0.05) is 13.0 Å². The highest BCUT2D eigenvalue weighted by Gasteiger charge is 2.39. The normalized spacial score (nSPS) is 29.2. The third kappa shape index (κ3) is 3.05. The topological polar surface area (TPSA) is 64.3 Å². The zero-order valence-electron chi connectivity index (χ0n) is 13.6. The zero-order valence-corrected chi connectivity index (χ0v) is 13.6. The van der Waals surface area contributed by atoms with E-state index in [0.717, 1.165) is 28.9 Å². The van der Waals surface area contributed by atoms with E-state index in [9.17, 15) is 4.79 Å². The van der Waals surface area contributed by atoms with Crippen LogP contribution in [0.2, 0.25) is 0 Å². The second-order valence-electron chi connectivity index (χ2n) is 6.38. The van der Waals surface area contributed by atoms with Crippen molar-refractivity contribution in [3.63, 3.8) is 0 Å². The first-order chi connectivity index (χ1) is 9.85. The molecule has 1 saturated heterocycles. The van der Waals surface area contributed by atoms with Crippen LogP contribution in [0, 0.1) is 25.7 Å². The molecule has 1 amide bonds. The van der Waals surface area contributed by atoms with Crippen molar-refractivity contribution < 1.29 is 9.53 Å². The predicted molar refractivity (Wildman–Crippen MR) is 84.3 cm³/mol. The lowest BCUT2D eigenvalue weighted by Crippen LogP contribution is -2.49. The van der Waals surface area contributed by atoms with Gasteiger partial charge in [0.25, 0.3) is 0 Å². The number of hydrogen-bond donors (Lipinski definition) is 2. The Labute approximate surface area is 127 Å². The van der Waals surface area contributed by atoms with Gasteiger partial charge in [-0.15, -0.1) is 0 Å². The summed E-state index contributed by atoms with van der Waals surface area (Å²) in [6.07, 6.45) is 0.956. The molecule has 0 bridgehead atoms. The highest BCUT2D eigenvalue weighted by Crippen LogP contribution is 2.40. The lowest BCUT2D eigenvalue weighted by molar-refractivity contribution is -0.125. The Morgan fingerprint density at radius 3 is 2.57 bits per heavy atom. The Kier molecular flexibility index (Phi) is 4.57. The second-order valence-corrected chi connectivity index (χ2v) is 6.38. The van der Waals surface area contributed by atoms with Crippen LogP contribution in [0.25, 0.3) is 0 Å². The fourth-order valence-corrected chi connectivity index (χ4v) is 3.73.